The minimum atomic E-state index is 0. The topological polar surface area (TPSA) is 47.0 Å². The molecule has 4 nitrogen and oxygen atoms in total. The first-order chi connectivity index (χ1) is 6.84. The Kier molecular flexibility index (Phi) is 5.08. The van der Waals surface area contributed by atoms with Gasteiger partial charge in [0.2, 0.25) is 5.88 Å². The first-order valence-electron chi connectivity index (χ1n) is 4.71. The minimum absolute atomic E-state index is 0. The summed E-state index contributed by atoms with van der Waals surface area (Å²) in [5.41, 5.74) is 0. The largest absolute Gasteiger partial charge is 0.473 e. The normalized spacial score (nSPS) is 16.9. The molecule has 0 aromatic carbocycles. The van der Waals surface area contributed by atoms with E-state index in [0.717, 1.165) is 25.9 Å². The lowest BCUT2D eigenvalue weighted by Crippen LogP contribution is -2.34. The van der Waals surface area contributed by atoms with Crippen LogP contribution in [0, 0.1) is 0 Å². The molecule has 15 heavy (non-hydrogen) atoms. The number of aromatic nitrogens is 2. The minimum Gasteiger partial charge on any atom is -0.473 e. The molecule has 1 N–H and O–H groups in total. The number of halogens is 2. The molecule has 0 radical (unpaired) electrons. The highest BCUT2D eigenvalue weighted by atomic mass is 35.5. The van der Waals surface area contributed by atoms with Crippen LogP contribution in [-0.4, -0.2) is 29.4 Å². The SMILES string of the molecule is Cl.Clc1ccc(OC2CCNCC2)nn1. The molecular weight excluding hydrogens is 237 g/mol. The van der Waals surface area contributed by atoms with Crippen molar-refractivity contribution in [3.05, 3.63) is 17.3 Å². The summed E-state index contributed by atoms with van der Waals surface area (Å²) in [7, 11) is 0. The van der Waals surface area contributed by atoms with Crippen molar-refractivity contribution in [2.45, 2.75) is 18.9 Å². The van der Waals surface area contributed by atoms with Gasteiger partial charge in [-0.1, -0.05) is 11.6 Å². The van der Waals surface area contributed by atoms with Crippen LogP contribution in [0.2, 0.25) is 5.15 Å². The molecule has 0 atom stereocenters. The molecule has 2 heterocycles. The summed E-state index contributed by atoms with van der Waals surface area (Å²) in [5, 5.41) is 11.2. The van der Waals surface area contributed by atoms with Crippen molar-refractivity contribution < 1.29 is 4.74 Å². The molecule has 0 aliphatic carbocycles. The van der Waals surface area contributed by atoms with Gasteiger partial charge in [-0.2, -0.15) is 0 Å². The molecule has 1 aliphatic rings. The van der Waals surface area contributed by atoms with E-state index in [1.807, 2.05) is 0 Å². The summed E-state index contributed by atoms with van der Waals surface area (Å²) >= 11 is 5.62. The van der Waals surface area contributed by atoms with Crippen LogP contribution >= 0.6 is 24.0 Å². The van der Waals surface area contributed by atoms with Crippen molar-refractivity contribution >= 4 is 24.0 Å². The zero-order valence-corrected chi connectivity index (χ0v) is 9.72. The highest BCUT2D eigenvalue weighted by Gasteiger charge is 2.14. The monoisotopic (exact) mass is 249 g/mol. The van der Waals surface area contributed by atoms with E-state index in [1.165, 1.54) is 0 Å². The van der Waals surface area contributed by atoms with Crippen LogP contribution in [-0.2, 0) is 0 Å². The van der Waals surface area contributed by atoms with E-state index in [0.29, 0.717) is 11.0 Å². The third-order valence-corrected chi connectivity index (χ3v) is 2.38. The van der Waals surface area contributed by atoms with E-state index in [4.69, 9.17) is 16.3 Å². The van der Waals surface area contributed by atoms with E-state index >= 15 is 0 Å². The summed E-state index contributed by atoms with van der Waals surface area (Å²) in [6, 6.07) is 3.43. The fraction of sp³-hybridized carbons (Fsp3) is 0.556. The lowest BCUT2D eigenvalue weighted by Gasteiger charge is -2.22. The van der Waals surface area contributed by atoms with Gasteiger partial charge in [0.1, 0.15) is 6.10 Å². The first-order valence-corrected chi connectivity index (χ1v) is 5.09. The number of nitrogens with zero attached hydrogens (tertiary/aromatic N) is 2. The van der Waals surface area contributed by atoms with Crippen molar-refractivity contribution in [1.29, 1.82) is 0 Å². The zero-order chi connectivity index (χ0) is 9.80. The van der Waals surface area contributed by atoms with E-state index in [-0.39, 0.29) is 18.5 Å². The third kappa shape index (κ3) is 3.81. The van der Waals surface area contributed by atoms with E-state index in [9.17, 15) is 0 Å². The number of hydrogen-bond donors (Lipinski definition) is 1. The van der Waals surface area contributed by atoms with Gasteiger partial charge in [-0.15, -0.1) is 22.6 Å². The summed E-state index contributed by atoms with van der Waals surface area (Å²) in [5.74, 6) is 0.557. The number of hydrogen-bond acceptors (Lipinski definition) is 4. The fourth-order valence-corrected chi connectivity index (χ4v) is 1.55. The van der Waals surface area contributed by atoms with Gasteiger partial charge >= 0.3 is 0 Å². The lowest BCUT2D eigenvalue weighted by atomic mass is 10.1. The quantitative estimate of drug-likeness (QED) is 0.867. The van der Waals surface area contributed by atoms with Crippen molar-refractivity contribution in [2.24, 2.45) is 0 Å². The Labute approximate surface area is 99.8 Å². The van der Waals surface area contributed by atoms with Gasteiger partial charge < -0.3 is 10.1 Å². The number of rotatable bonds is 2. The maximum Gasteiger partial charge on any atom is 0.233 e. The highest BCUT2D eigenvalue weighted by Crippen LogP contribution is 2.14. The summed E-state index contributed by atoms with van der Waals surface area (Å²) in [6.07, 6.45) is 2.29. The Morgan fingerprint density at radius 3 is 2.60 bits per heavy atom. The lowest BCUT2D eigenvalue weighted by molar-refractivity contribution is 0.154. The van der Waals surface area contributed by atoms with Gasteiger partial charge in [0.15, 0.2) is 5.15 Å². The summed E-state index contributed by atoms with van der Waals surface area (Å²) in [4.78, 5) is 0. The van der Waals surface area contributed by atoms with Crippen LogP contribution in [0.15, 0.2) is 12.1 Å². The fourth-order valence-electron chi connectivity index (χ4n) is 1.45. The highest BCUT2D eigenvalue weighted by molar-refractivity contribution is 6.29. The molecule has 1 aromatic heterocycles. The van der Waals surface area contributed by atoms with E-state index in [1.54, 1.807) is 12.1 Å². The van der Waals surface area contributed by atoms with Gasteiger partial charge in [0.05, 0.1) is 0 Å². The first kappa shape index (κ1) is 12.5. The van der Waals surface area contributed by atoms with Gasteiger partial charge in [-0.3, -0.25) is 0 Å². The molecular formula is C9H13Cl2N3O. The summed E-state index contributed by atoms with van der Waals surface area (Å²) < 4.78 is 5.64. The van der Waals surface area contributed by atoms with E-state index in [2.05, 4.69) is 15.5 Å². The second kappa shape index (κ2) is 6.10. The molecule has 1 saturated heterocycles. The second-order valence-electron chi connectivity index (χ2n) is 3.26. The molecule has 6 heteroatoms. The predicted octanol–water partition coefficient (Wildman–Crippen LogP) is 1.68. The molecule has 1 fully saturated rings. The number of piperidine rings is 1. The smallest absolute Gasteiger partial charge is 0.233 e. The maximum absolute atomic E-state index is 5.64. The average molecular weight is 250 g/mol. The van der Waals surface area contributed by atoms with E-state index < -0.39 is 0 Å². The maximum atomic E-state index is 5.64. The van der Waals surface area contributed by atoms with Gasteiger partial charge in [-0.05, 0) is 32.0 Å². The molecule has 0 spiro atoms. The van der Waals surface area contributed by atoms with Crippen molar-refractivity contribution in [2.75, 3.05) is 13.1 Å². The van der Waals surface area contributed by atoms with Crippen molar-refractivity contribution in [3.8, 4) is 5.88 Å². The third-order valence-electron chi connectivity index (χ3n) is 2.18. The number of ether oxygens (including phenoxy) is 1. The molecule has 1 aliphatic heterocycles. The van der Waals surface area contributed by atoms with Crippen LogP contribution in [0.1, 0.15) is 12.8 Å². The van der Waals surface area contributed by atoms with Crippen LogP contribution in [0.25, 0.3) is 0 Å². The Hall–Kier alpha value is -0.580. The molecule has 0 saturated carbocycles. The zero-order valence-electron chi connectivity index (χ0n) is 8.15. The second-order valence-corrected chi connectivity index (χ2v) is 3.65. The van der Waals surface area contributed by atoms with Crippen LogP contribution in [0.5, 0.6) is 5.88 Å². The average Bonchev–Trinajstić information content (AvgIpc) is 2.23. The van der Waals surface area contributed by atoms with Crippen molar-refractivity contribution in [3.63, 3.8) is 0 Å². The molecule has 0 bridgehead atoms. The van der Waals surface area contributed by atoms with Gasteiger partial charge in [0, 0.05) is 6.07 Å². The van der Waals surface area contributed by atoms with Gasteiger partial charge in [0.25, 0.3) is 0 Å². The van der Waals surface area contributed by atoms with Crippen LogP contribution < -0.4 is 10.1 Å². The van der Waals surface area contributed by atoms with Crippen molar-refractivity contribution in [1.82, 2.24) is 15.5 Å². The Bertz CT molecular complexity index is 288. The van der Waals surface area contributed by atoms with Gasteiger partial charge in [-0.25, -0.2) is 0 Å². The molecule has 84 valence electrons. The van der Waals surface area contributed by atoms with Crippen LogP contribution in [0.3, 0.4) is 0 Å². The molecule has 0 unspecified atom stereocenters. The summed E-state index contributed by atoms with van der Waals surface area (Å²) in [6.45, 7) is 2.01. The predicted molar refractivity (Wildman–Crippen MR) is 60.8 cm³/mol. The standard InChI is InChI=1S/C9H12ClN3O.ClH/c10-8-1-2-9(13-12-8)14-7-3-5-11-6-4-7;/h1-2,7,11H,3-6H2;1H. The molecule has 2 rings (SSSR count). The number of nitrogens with one attached hydrogen (secondary N) is 1. The Morgan fingerprint density at radius 1 is 1.27 bits per heavy atom. The molecule has 0 amide bonds. The Balaban J connectivity index is 0.00000112. The molecule has 1 aromatic rings. The Morgan fingerprint density at radius 2 is 2.00 bits per heavy atom. The van der Waals surface area contributed by atoms with Crippen LogP contribution in [0.4, 0.5) is 0 Å².